The summed E-state index contributed by atoms with van der Waals surface area (Å²) in [7, 11) is 2.92. The van der Waals surface area contributed by atoms with E-state index in [1.807, 2.05) is 30.3 Å². The number of imide groups is 1. The van der Waals surface area contributed by atoms with Crippen LogP contribution in [-0.4, -0.2) is 50.1 Å². The molecule has 1 aromatic rings. The second-order valence-corrected chi connectivity index (χ2v) is 5.26. The lowest BCUT2D eigenvalue weighted by Gasteiger charge is -2.26. The van der Waals surface area contributed by atoms with E-state index in [4.69, 9.17) is 14.2 Å². The molecule has 0 unspecified atom stereocenters. The molecule has 1 fully saturated rings. The molecule has 0 radical (unpaired) electrons. The number of cyclic esters (lactones) is 1. The predicted molar refractivity (Wildman–Crippen MR) is 79.1 cm³/mol. The lowest BCUT2D eigenvalue weighted by Crippen LogP contribution is -2.46. The first-order valence-electron chi connectivity index (χ1n) is 7.17. The van der Waals surface area contributed by atoms with E-state index in [2.05, 4.69) is 0 Å². The monoisotopic (exact) mass is 307 g/mol. The van der Waals surface area contributed by atoms with Gasteiger partial charge in [0.05, 0.1) is 12.0 Å². The highest BCUT2D eigenvalue weighted by Crippen LogP contribution is 2.22. The van der Waals surface area contributed by atoms with Crippen molar-refractivity contribution in [2.45, 2.75) is 25.7 Å². The van der Waals surface area contributed by atoms with Crippen LogP contribution in [0.3, 0.4) is 0 Å². The molecular weight excluding hydrogens is 286 g/mol. The summed E-state index contributed by atoms with van der Waals surface area (Å²) in [6.07, 6.45) is -0.739. The molecule has 1 heterocycles. The zero-order chi connectivity index (χ0) is 16.1. The van der Waals surface area contributed by atoms with Crippen LogP contribution in [0.25, 0.3) is 0 Å². The van der Waals surface area contributed by atoms with Gasteiger partial charge in [-0.15, -0.1) is 0 Å². The number of methoxy groups -OCH3 is 2. The van der Waals surface area contributed by atoms with Gasteiger partial charge >= 0.3 is 6.09 Å². The average molecular weight is 307 g/mol. The van der Waals surface area contributed by atoms with E-state index in [1.165, 1.54) is 19.1 Å². The summed E-state index contributed by atoms with van der Waals surface area (Å²) in [5, 5.41) is 0. The molecule has 2 rings (SSSR count). The number of carbonyl (C=O) groups excluding carboxylic acids is 2. The summed E-state index contributed by atoms with van der Waals surface area (Å²) in [5.41, 5.74) is 1.05. The third-order valence-corrected chi connectivity index (χ3v) is 3.78. The zero-order valence-electron chi connectivity index (χ0n) is 13.0. The number of nitrogens with zero attached hydrogens (tertiary/aromatic N) is 1. The highest BCUT2D eigenvalue weighted by Gasteiger charge is 2.41. The van der Waals surface area contributed by atoms with Gasteiger partial charge in [0, 0.05) is 14.2 Å². The van der Waals surface area contributed by atoms with Crippen LogP contribution in [0.1, 0.15) is 12.5 Å². The number of rotatable bonds is 6. The third kappa shape index (κ3) is 3.45. The number of hydrogen-bond acceptors (Lipinski definition) is 5. The fourth-order valence-electron chi connectivity index (χ4n) is 2.61. The van der Waals surface area contributed by atoms with Crippen LogP contribution < -0.4 is 0 Å². The summed E-state index contributed by atoms with van der Waals surface area (Å²) < 4.78 is 15.3. The third-order valence-electron chi connectivity index (χ3n) is 3.78. The van der Waals surface area contributed by atoms with Crippen LogP contribution in [0, 0.1) is 5.92 Å². The molecule has 0 bridgehead atoms. The number of amides is 2. The molecule has 120 valence electrons. The minimum absolute atomic E-state index is 0.205. The van der Waals surface area contributed by atoms with Crippen molar-refractivity contribution in [2.24, 2.45) is 5.92 Å². The summed E-state index contributed by atoms with van der Waals surface area (Å²) in [6, 6.07) is 9.39. The van der Waals surface area contributed by atoms with Gasteiger partial charge in [0.1, 0.15) is 6.61 Å². The molecular formula is C16H21NO5. The van der Waals surface area contributed by atoms with Crippen LogP contribution >= 0.6 is 0 Å². The first-order valence-corrected chi connectivity index (χ1v) is 7.17. The molecule has 6 nitrogen and oxygen atoms in total. The standard InChI is InChI=1S/C16H21NO5/c1-11(15(20-2)21-3)14(18)17-13(10-22-16(17)19)9-12-7-5-4-6-8-12/h4-8,11,13,15H,9-10H2,1-3H3/t11-,13+/m1/s1. The number of ether oxygens (including phenoxy) is 3. The maximum Gasteiger partial charge on any atom is 0.416 e. The summed E-state index contributed by atoms with van der Waals surface area (Å²) in [6.45, 7) is 1.88. The van der Waals surface area contributed by atoms with Crippen molar-refractivity contribution in [3.8, 4) is 0 Å². The van der Waals surface area contributed by atoms with Crippen LogP contribution in [0.5, 0.6) is 0 Å². The Balaban J connectivity index is 2.12. The average Bonchev–Trinajstić information content (AvgIpc) is 2.89. The molecule has 0 aromatic heterocycles. The van der Waals surface area contributed by atoms with Gasteiger partial charge in [-0.1, -0.05) is 30.3 Å². The van der Waals surface area contributed by atoms with Gasteiger partial charge in [-0.3, -0.25) is 4.79 Å². The Labute approximate surface area is 129 Å². The lowest BCUT2D eigenvalue weighted by molar-refractivity contribution is -0.162. The Bertz CT molecular complexity index is 515. The molecule has 1 aromatic carbocycles. The van der Waals surface area contributed by atoms with Crippen LogP contribution in [-0.2, 0) is 25.4 Å². The number of carbonyl (C=O) groups is 2. The molecule has 6 heteroatoms. The smallest absolute Gasteiger partial charge is 0.416 e. The van der Waals surface area contributed by atoms with Gasteiger partial charge in [0.2, 0.25) is 5.91 Å². The van der Waals surface area contributed by atoms with Crippen LogP contribution in [0.4, 0.5) is 4.79 Å². The first-order chi connectivity index (χ1) is 10.6. The van der Waals surface area contributed by atoms with Crippen molar-refractivity contribution in [3.05, 3.63) is 35.9 Å². The van der Waals surface area contributed by atoms with Crippen molar-refractivity contribution >= 4 is 12.0 Å². The maximum atomic E-state index is 12.6. The molecule has 1 aliphatic heterocycles. The molecule has 1 saturated heterocycles. The van der Waals surface area contributed by atoms with Gasteiger partial charge < -0.3 is 14.2 Å². The van der Waals surface area contributed by atoms with Crippen molar-refractivity contribution in [2.75, 3.05) is 20.8 Å². The van der Waals surface area contributed by atoms with E-state index in [1.54, 1.807) is 6.92 Å². The molecule has 0 spiro atoms. The van der Waals surface area contributed by atoms with Gasteiger partial charge in [-0.2, -0.15) is 0 Å². The molecule has 1 aliphatic rings. The molecule has 2 atom stereocenters. The van der Waals surface area contributed by atoms with Gasteiger partial charge in [-0.05, 0) is 18.9 Å². The van der Waals surface area contributed by atoms with Crippen LogP contribution in [0.2, 0.25) is 0 Å². The van der Waals surface area contributed by atoms with Crippen molar-refractivity contribution in [3.63, 3.8) is 0 Å². The number of hydrogen-bond donors (Lipinski definition) is 0. The maximum absolute atomic E-state index is 12.6. The van der Waals surface area contributed by atoms with Gasteiger partial charge in [0.25, 0.3) is 0 Å². The highest BCUT2D eigenvalue weighted by atomic mass is 16.7. The van der Waals surface area contributed by atoms with Crippen LogP contribution in [0.15, 0.2) is 30.3 Å². The first kappa shape index (κ1) is 16.5. The van der Waals surface area contributed by atoms with Gasteiger partial charge in [0.15, 0.2) is 6.29 Å². The fourth-order valence-corrected chi connectivity index (χ4v) is 2.61. The van der Waals surface area contributed by atoms with Gasteiger partial charge in [-0.25, -0.2) is 9.69 Å². The summed E-state index contributed by atoms with van der Waals surface area (Å²) in [5.74, 6) is -0.948. The normalized spacial score (nSPS) is 19.4. The summed E-state index contributed by atoms with van der Waals surface area (Å²) in [4.78, 5) is 25.7. The Morgan fingerprint density at radius 2 is 1.95 bits per heavy atom. The second kappa shape index (κ2) is 7.38. The van der Waals surface area contributed by atoms with E-state index < -0.39 is 18.3 Å². The van der Waals surface area contributed by atoms with E-state index in [0.29, 0.717) is 6.42 Å². The molecule has 0 aliphatic carbocycles. The second-order valence-electron chi connectivity index (χ2n) is 5.26. The van der Waals surface area contributed by atoms with Crippen molar-refractivity contribution in [1.29, 1.82) is 0 Å². The molecule has 0 N–H and O–H groups in total. The van der Waals surface area contributed by atoms with E-state index in [9.17, 15) is 9.59 Å². The molecule has 22 heavy (non-hydrogen) atoms. The minimum atomic E-state index is -0.696. The fraction of sp³-hybridized carbons (Fsp3) is 0.500. The van der Waals surface area contributed by atoms with E-state index in [0.717, 1.165) is 5.56 Å². The predicted octanol–water partition coefficient (Wildman–Crippen LogP) is 1.83. The Hall–Kier alpha value is -1.92. The van der Waals surface area contributed by atoms with Crippen molar-refractivity contribution in [1.82, 2.24) is 4.90 Å². The quantitative estimate of drug-likeness (QED) is 0.750. The highest BCUT2D eigenvalue weighted by molar-refractivity contribution is 5.94. The topological polar surface area (TPSA) is 65.1 Å². The largest absolute Gasteiger partial charge is 0.447 e. The minimum Gasteiger partial charge on any atom is -0.447 e. The SMILES string of the molecule is COC(OC)[C@H](C)C(=O)N1C(=O)OC[C@@H]1Cc1ccccc1. The Morgan fingerprint density at radius 1 is 1.32 bits per heavy atom. The molecule has 2 amide bonds. The molecule has 0 saturated carbocycles. The zero-order valence-corrected chi connectivity index (χ0v) is 13.0. The Morgan fingerprint density at radius 3 is 2.55 bits per heavy atom. The van der Waals surface area contributed by atoms with E-state index in [-0.39, 0.29) is 18.6 Å². The van der Waals surface area contributed by atoms with E-state index >= 15 is 0 Å². The lowest BCUT2D eigenvalue weighted by atomic mass is 10.0. The summed E-state index contributed by atoms with van der Waals surface area (Å²) >= 11 is 0. The van der Waals surface area contributed by atoms with Crippen molar-refractivity contribution < 1.29 is 23.8 Å². The number of benzene rings is 1. The Kier molecular flexibility index (Phi) is 5.51.